The smallest absolute Gasteiger partial charge is 0.772 e. The molecule has 0 saturated heterocycles. The Balaban J connectivity index is 0.00000128. The molecule has 0 amide bonds. The van der Waals surface area contributed by atoms with Gasteiger partial charge < -0.3 is 9.29 Å². The third-order valence-corrected chi connectivity index (χ3v) is 4.38. The van der Waals surface area contributed by atoms with Crippen LogP contribution in [0.3, 0.4) is 0 Å². The van der Waals surface area contributed by atoms with Crippen LogP contribution in [0.15, 0.2) is 24.3 Å². The first-order valence-electron chi connectivity index (χ1n) is 4.93. The molecule has 0 radical (unpaired) electrons. The third-order valence-electron chi connectivity index (χ3n) is 3.10. The summed E-state index contributed by atoms with van der Waals surface area (Å²) in [6.07, 6.45) is 2.45. The van der Waals surface area contributed by atoms with Gasteiger partial charge in [0.2, 0.25) is 0 Å². The number of hydrogen-bond donors (Lipinski definition) is 0. The minimum atomic E-state index is -2.03. The SMILES string of the molecule is COc1ccc(C2(S(=O)[O-])CCC2)cc1.[Na+]. The van der Waals surface area contributed by atoms with Gasteiger partial charge in [-0.05, 0) is 48.0 Å². The van der Waals surface area contributed by atoms with E-state index in [0.717, 1.165) is 30.6 Å². The standard InChI is InChI=1S/C11H14O3S.Na/c1-14-10-5-3-9(4-6-10)11(15(12)13)7-2-8-11;/h3-6H,2,7-8H2,1H3,(H,12,13);/q;+1/p-1. The van der Waals surface area contributed by atoms with Gasteiger partial charge in [0.25, 0.3) is 0 Å². The fourth-order valence-electron chi connectivity index (χ4n) is 1.94. The van der Waals surface area contributed by atoms with Crippen LogP contribution >= 0.6 is 0 Å². The van der Waals surface area contributed by atoms with E-state index in [-0.39, 0.29) is 29.6 Å². The Morgan fingerprint density at radius 1 is 1.31 bits per heavy atom. The molecule has 2 rings (SSSR count). The van der Waals surface area contributed by atoms with Crippen LogP contribution in [0.2, 0.25) is 0 Å². The van der Waals surface area contributed by atoms with E-state index in [9.17, 15) is 8.76 Å². The van der Waals surface area contributed by atoms with Crippen molar-refractivity contribution in [2.75, 3.05) is 7.11 Å². The van der Waals surface area contributed by atoms with Crippen LogP contribution in [0, 0.1) is 0 Å². The van der Waals surface area contributed by atoms with Gasteiger partial charge >= 0.3 is 29.6 Å². The molecule has 1 atom stereocenters. The second kappa shape index (κ2) is 5.65. The third kappa shape index (κ3) is 2.36. The molecule has 1 aromatic carbocycles. The maximum absolute atomic E-state index is 11.2. The Hall–Kier alpha value is 0.130. The molecule has 0 N–H and O–H groups in total. The van der Waals surface area contributed by atoms with E-state index in [4.69, 9.17) is 4.74 Å². The van der Waals surface area contributed by atoms with E-state index in [1.54, 1.807) is 7.11 Å². The first-order chi connectivity index (χ1) is 7.19. The molecular formula is C11H13NaO3S. The van der Waals surface area contributed by atoms with Crippen molar-refractivity contribution in [3.63, 3.8) is 0 Å². The first-order valence-corrected chi connectivity index (χ1v) is 6.00. The maximum atomic E-state index is 11.2. The van der Waals surface area contributed by atoms with Crippen molar-refractivity contribution in [2.24, 2.45) is 0 Å². The van der Waals surface area contributed by atoms with E-state index in [1.165, 1.54) is 0 Å². The minimum absolute atomic E-state index is 0. The van der Waals surface area contributed by atoms with E-state index in [0.29, 0.717) is 0 Å². The Morgan fingerprint density at radius 3 is 2.19 bits per heavy atom. The molecule has 1 saturated carbocycles. The molecule has 0 aliphatic heterocycles. The van der Waals surface area contributed by atoms with Crippen molar-refractivity contribution in [2.45, 2.75) is 24.0 Å². The molecular weight excluding hydrogens is 235 g/mol. The van der Waals surface area contributed by atoms with Crippen LogP contribution in [0.5, 0.6) is 5.75 Å². The summed E-state index contributed by atoms with van der Waals surface area (Å²) in [5.74, 6) is 0.755. The van der Waals surface area contributed by atoms with Gasteiger partial charge in [-0.1, -0.05) is 12.1 Å². The molecule has 3 nitrogen and oxygen atoms in total. The molecule has 1 aliphatic rings. The zero-order valence-electron chi connectivity index (χ0n) is 9.56. The monoisotopic (exact) mass is 248 g/mol. The van der Waals surface area contributed by atoms with Crippen molar-refractivity contribution in [1.29, 1.82) is 0 Å². The van der Waals surface area contributed by atoms with Crippen molar-refractivity contribution in [1.82, 2.24) is 0 Å². The van der Waals surface area contributed by atoms with E-state index in [1.807, 2.05) is 24.3 Å². The van der Waals surface area contributed by atoms with E-state index < -0.39 is 15.8 Å². The fourth-order valence-corrected chi connectivity index (χ4v) is 2.89. The topological polar surface area (TPSA) is 49.4 Å². The van der Waals surface area contributed by atoms with Gasteiger partial charge in [-0.25, -0.2) is 0 Å². The summed E-state index contributed by atoms with van der Waals surface area (Å²) in [5.41, 5.74) is 0.878. The van der Waals surface area contributed by atoms with Gasteiger partial charge in [0.15, 0.2) is 0 Å². The van der Waals surface area contributed by atoms with Gasteiger partial charge in [0.1, 0.15) is 5.75 Å². The molecule has 1 aromatic rings. The summed E-state index contributed by atoms with van der Waals surface area (Å²) in [6, 6.07) is 7.30. The van der Waals surface area contributed by atoms with Crippen molar-refractivity contribution in [3.8, 4) is 5.75 Å². The van der Waals surface area contributed by atoms with Crippen LogP contribution < -0.4 is 34.3 Å². The van der Waals surface area contributed by atoms with E-state index >= 15 is 0 Å². The average Bonchev–Trinajstić information content (AvgIpc) is 2.16. The summed E-state index contributed by atoms with van der Waals surface area (Å²) >= 11 is -2.03. The normalized spacial score (nSPS) is 19.1. The number of rotatable bonds is 3. The molecule has 1 aliphatic carbocycles. The molecule has 82 valence electrons. The molecule has 1 unspecified atom stereocenters. The van der Waals surface area contributed by atoms with Crippen LogP contribution in [0.25, 0.3) is 0 Å². The van der Waals surface area contributed by atoms with Gasteiger partial charge in [0, 0.05) is 0 Å². The largest absolute Gasteiger partial charge is 1.00 e. The first kappa shape index (κ1) is 14.2. The van der Waals surface area contributed by atoms with Gasteiger partial charge in [-0.15, -0.1) is 0 Å². The second-order valence-electron chi connectivity index (χ2n) is 3.81. The second-order valence-corrected chi connectivity index (χ2v) is 5.06. The summed E-state index contributed by atoms with van der Waals surface area (Å²) in [4.78, 5) is 0. The molecule has 5 heteroatoms. The Labute approximate surface area is 120 Å². The number of methoxy groups -OCH3 is 1. The quantitative estimate of drug-likeness (QED) is 0.507. The number of ether oxygens (including phenoxy) is 1. The predicted octanol–water partition coefficient (Wildman–Crippen LogP) is -1.04. The Kier molecular flexibility index (Phi) is 5.01. The van der Waals surface area contributed by atoms with Crippen LogP contribution in [-0.2, 0) is 15.8 Å². The van der Waals surface area contributed by atoms with Gasteiger partial charge in [0.05, 0.1) is 11.9 Å². The van der Waals surface area contributed by atoms with Crippen molar-refractivity contribution >= 4 is 11.1 Å². The summed E-state index contributed by atoms with van der Waals surface area (Å²) in [7, 11) is 1.60. The molecule has 1 fully saturated rings. The van der Waals surface area contributed by atoms with Crippen molar-refractivity contribution < 1.29 is 43.1 Å². The summed E-state index contributed by atoms with van der Waals surface area (Å²) in [5, 5.41) is 0. The molecule has 0 aromatic heterocycles. The zero-order valence-corrected chi connectivity index (χ0v) is 12.4. The molecule has 0 heterocycles. The van der Waals surface area contributed by atoms with Gasteiger partial charge in [-0.2, -0.15) is 0 Å². The Bertz CT molecular complexity index is 373. The summed E-state index contributed by atoms with van der Waals surface area (Å²) < 4.78 is 26.9. The van der Waals surface area contributed by atoms with Crippen LogP contribution in [0.1, 0.15) is 24.8 Å². The minimum Gasteiger partial charge on any atom is -0.772 e. The average molecular weight is 248 g/mol. The predicted molar refractivity (Wildman–Crippen MR) is 57.4 cm³/mol. The van der Waals surface area contributed by atoms with Crippen molar-refractivity contribution in [3.05, 3.63) is 29.8 Å². The van der Waals surface area contributed by atoms with Crippen LogP contribution in [0.4, 0.5) is 0 Å². The molecule has 16 heavy (non-hydrogen) atoms. The number of hydrogen-bond acceptors (Lipinski definition) is 3. The number of benzene rings is 1. The summed E-state index contributed by atoms with van der Waals surface area (Å²) in [6.45, 7) is 0. The molecule has 0 spiro atoms. The maximum Gasteiger partial charge on any atom is 1.00 e. The van der Waals surface area contributed by atoms with Crippen LogP contribution in [-0.4, -0.2) is 15.9 Å². The van der Waals surface area contributed by atoms with Gasteiger partial charge in [-0.3, -0.25) is 4.21 Å². The zero-order chi connectivity index (χ0) is 10.9. The Morgan fingerprint density at radius 2 is 1.88 bits per heavy atom. The van der Waals surface area contributed by atoms with E-state index in [2.05, 4.69) is 0 Å². The molecule has 0 bridgehead atoms. The fraction of sp³-hybridized carbons (Fsp3) is 0.455.